The molecule has 30 heavy (non-hydrogen) atoms. The van der Waals surface area contributed by atoms with Crippen molar-refractivity contribution in [3.63, 3.8) is 0 Å². The standard InChI is InChI=1S/C20H30N4O6/c1-4-28-15-10-14(11-16(29-5-2)17(15)30-6-3)19(26)23-22-18(25)13-8-7-9-24(12-13)20(21)27/h10-11,13H,4-9,12H2,1-3H3,(H2,21,27)(H,22,25)(H,23,26)/t13-/m1/s1. The van der Waals surface area contributed by atoms with E-state index in [0.29, 0.717) is 56.5 Å². The molecule has 1 atom stereocenters. The highest BCUT2D eigenvalue weighted by Crippen LogP contribution is 2.39. The number of nitrogens with zero attached hydrogens (tertiary/aromatic N) is 1. The molecule has 1 heterocycles. The van der Waals surface area contributed by atoms with Gasteiger partial charge in [-0.2, -0.15) is 0 Å². The minimum absolute atomic E-state index is 0.225. The monoisotopic (exact) mass is 422 g/mol. The van der Waals surface area contributed by atoms with Crippen molar-refractivity contribution in [1.82, 2.24) is 15.8 Å². The van der Waals surface area contributed by atoms with Gasteiger partial charge in [-0.15, -0.1) is 0 Å². The second-order valence-electron chi connectivity index (χ2n) is 6.67. The molecule has 1 saturated heterocycles. The molecule has 1 aliphatic rings. The Bertz CT molecular complexity index is 743. The first-order valence-corrected chi connectivity index (χ1v) is 10.1. The number of amides is 4. The fourth-order valence-corrected chi connectivity index (χ4v) is 3.20. The van der Waals surface area contributed by atoms with Gasteiger partial charge in [0.25, 0.3) is 5.91 Å². The SMILES string of the molecule is CCOc1cc(C(=O)NNC(=O)[C@@H]2CCCN(C(N)=O)C2)cc(OCC)c1OCC. The molecule has 1 aliphatic heterocycles. The molecule has 10 nitrogen and oxygen atoms in total. The van der Waals surface area contributed by atoms with Crippen molar-refractivity contribution in [2.75, 3.05) is 32.9 Å². The Morgan fingerprint density at radius 1 is 1.03 bits per heavy atom. The number of benzene rings is 1. The summed E-state index contributed by atoms with van der Waals surface area (Å²) in [6.45, 7) is 7.40. The average molecular weight is 422 g/mol. The number of hydrogen-bond acceptors (Lipinski definition) is 6. The van der Waals surface area contributed by atoms with Gasteiger partial charge in [-0.1, -0.05) is 0 Å². The normalized spacial score (nSPS) is 15.8. The van der Waals surface area contributed by atoms with E-state index >= 15 is 0 Å². The molecule has 0 aliphatic carbocycles. The van der Waals surface area contributed by atoms with Crippen LogP contribution in [0.4, 0.5) is 4.79 Å². The van der Waals surface area contributed by atoms with Crippen LogP contribution < -0.4 is 30.8 Å². The highest BCUT2D eigenvalue weighted by molar-refractivity contribution is 5.97. The molecule has 4 N–H and O–H groups in total. The molecule has 0 saturated carbocycles. The first-order valence-electron chi connectivity index (χ1n) is 10.1. The largest absolute Gasteiger partial charge is 0.490 e. The third kappa shape index (κ3) is 5.91. The van der Waals surface area contributed by atoms with Crippen LogP contribution >= 0.6 is 0 Å². The van der Waals surface area contributed by atoms with E-state index in [-0.39, 0.29) is 18.0 Å². The summed E-state index contributed by atoms with van der Waals surface area (Å²) in [5, 5.41) is 0. The van der Waals surface area contributed by atoms with Crippen LogP contribution in [-0.2, 0) is 4.79 Å². The summed E-state index contributed by atoms with van der Waals surface area (Å²) in [6, 6.07) is 2.51. The molecule has 4 amide bonds. The minimum Gasteiger partial charge on any atom is -0.490 e. The van der Waals surface area contributed by atoms with Crippen LogP contribution in [0.3, 0.4) is 0 Å². The summed E-state index contributed by atoms with van der Waals surface area (Å²) in [5.41, 5.74) is 10.4. The van der Waals surface area contributed by atoms with Crippen molar-refractivity contribution in [2.24, 2.45) is 11.7 Å². The van der Waals surface area contributed by atoms with Crippen LogP contribution in [0.2, 0.25) is 0 Å². The Hall–Kier alpha value is -3.17. The van der Waals surface area contributed by atoms with Crippen molar-refractivity contribution >= 4 is 17.8 Å². The third-order valence-corrected chi connectivity index (χ3v) is 4.57. The fraction of sp³-hybridized carbons (Fsp3) is 0.550. The lowest BCUT2D eigenvalue weighted by atomic mass is 9.98. The number of urea groups is 1. The maximum Gasteiger partial charge on any atom is 0.314 e. The second kappa shape index (κ2) is 11.1. The van der Waals surface area contributed by atoms with Gasteiger partial charge in [0.1, 0.15) is 0 Å². The summed E-state index contributed by atoms with van der Waals surface area (Å²) in [6.07, 6.45) is 1.28. The van der Waals surface area contributed by atoms with E-state index in [4.69, 9.17) is 19.9 Å². The Morgan fingerprint density at radius 3 is 2.17 bits per heavy atom. The van der Waals surface area contributed by atoms with Crippen LogP contribution in [0.1, 0.15) is 44.0 Å². The van der Waals surface area contributed by atoms with Gasteiger partial charge >= 0.3 is 6.03 Å². The first kappa shape index (κ1) is 23.1. The summed E-state index contributed by atoms with van der Waals surface area (Å²) in [5.74, 6) is -0.163. The number of hydrazine groups is 1. The average Bonchev–Trinajstić information content (AvgIpc) is 2.74. The van der Waals surface area contributed by atoms with E-state index in [1.807, 2.05) is 20.8 Å². The molecule has 0 aromatic heterocycles. The molecule has 1 aromatic carbocycles. The van der Waals surface area contributed by atoms with Crippen LogP contribution in [0, 0.1) is 5.92 Å². The molecule has 0 unspecified atom stereocenters. The van der Waals surface area contributed by atoms with Gasteiger partial charge in [-0.05, 0) is 45.7 Å². The number of nitrogens with two attached hydrogens (primary N) is 1. The van der Waals surface area contributed by atoms with E-state index in [2.05, 4.69) is 10.9 Å². The zero-order valence-corrected chi connectivity index (χ0v) is 17.7. The van der Waals surface area contributed by atoms with Crippen molar-refractivity contribution in [3.05, 3.63) is 17.7 Å². The quantitative estimate of drug-likeness (QED) is 0.543. The van der Waals surface area contributed by atoms with Crippen molar-refractivity contribution in [2.45, 2.75) is 33.6 Å². The maximum absolute atomic E-state index is 12.6. The molecule has 10 heteroatoms. The number of nitrogens with one attached hydrogen (secondary N) is 2. The molecule has 1 aromatic rings. The van der Waals surface area contributed by atoms with Crippen LogP contribution in [0.15, 0.2) is 12.1 Å². The summed E-state index contributed by atoms with van der Waals surface area (Å²) in [4.78, 5) is 37.8. The van der Waals surface area contributed by atoms with Crippen LogP contribution in [0.5, 0.6) is 17.2 Å². The van der Waals surface area contributed by atoms with Gasteiger partial charge in [0.15, 0.2) is 11.5 Å². The van der Waals surface area contributed by atoms with E-state index in [9.17, 15) is 14.4 Å². The van der Waals surface area contributed by atoms with Gasteiger partial charge in [0, 0.05) is 18.7 Å². The maximum atomic E-state index is 12.6. The Labute approximate surface area is 176 Å². The molecule has 166 valence electrons. The minimum atomic E-state index is -0.558. The Kier molecular flexibility index (Phi) is 8.57. The molecular weight excluding hydrogens is 392 g/mol. The smallest absolute Gasteiger partial charge is 0.314 e. The van der Waals surface area contributed by atoms with E-state index in [1.54, 1.807) is 0 Å². The highest BCUT2D eigenvalue weighted by Gasteiger charge is 2.28. The fourth-order valence-electron chi connectivity index (χ4n) is 3.20. The summed E-state index contributed by atoms with van der Waals surface area (Å²) >= 11 is 0. The molecule has 0 bridgehead atoms. The van der Waals surface area contributed by atoms with Crippen LogP contribution in [0.25, 0.3) is 0 Å². The number of piperidine rings is 1. The number of carbonyl (C=O) groups excluding carboxylic acids is 3. The predicted molar refractivity (Wildman–Crippen MR) is 109 cm³/mol. The topological polar surface area (TPSA) is 132 Å². The van der Waals surface area contributed by atoms with Crippen molar-refractivity contribution < 1.29 is 28.6 Å². The van der Waals surface area contributed by atoms with Gasteiger partial charge < -0.3 is 24.8 Å². The number of rotatable bonds is 8. The lowest BCUT2D eigenvalue weighted by Crippen LogP contribution is -2.51. The lowest BCUT2D eigenvalue weighted by Gasteiger charge is -2.30. The van der Waals surface area contributed by atoms with E-state index in [1.165, 1.54) is 17.0 Å². The van der Waals surface area contributed by atoms with Gasteiger partial charge in [0.2, 0.25) is 11.7 Å². The van der Waals surface area contributed by atoms with Crippen molar-refractivity contribution in [1.29, 1.82) is 0 Å². The molecule has 2 rings (SSSR count). The molecule has 0 spiro atoms. The van der Waals surface area contributed by atoms with Crippen molar-refractivity contribution in [3.8, 4) is 17.2 Å². The lowest BCUT2D eigenvalue weighted by molar-refractivity contribution is -0.127. The van der Waals surface area contributed by atoms with Gasteiger partial charge in [-0.3, -0.25) is 20.4 Å². The molecule has 1 fully saturated rings. The second-order valence-corrected chi connectivity index (χ2v) is 6.67. The molecule has 0 radical (unpaired) electrons. The number of primary amides is 1. The first-order chi connectivity index (χ1) is 14.4. The zero-order valence-electron chi connectivity index (χ0n) is 17.7. The number of carbonyl (C=O) groups is 3. The Morgan fingerprint density at radius 2 is 1.63 bits per heavy atom. The molecular formula is C20H30N4O6. The number of likely N-dealkylation sites (tertiary alicyclic amines) is 1. The van der Waals surface area contributed by atoms with Gasteiger partial charge in [-0.25, -0.2) is 4.79 Å². The van der Waals surface area contributed by atoms with Crippen LogP contribution in [-0.4, -0.2) is 55.7 Å². The zero-order chi connectivity index (χ0) is 22.1. The van der Waals surface area contributed by atoms with E-state index in [0.717, 1.165) is 0 Å². The highest BCUT2D eigenvalue weighted by atomic mass is 16.5. The summed E-state index contributed by atoms with van der Waals surface area (Å²) < 4.78 is 16.8. The summed E-state index contributed by atoms with van der Waals surface area (Å²) in [7, 11) is 0. The van der Waals surface area contributed by atoms with E-state index < -0.39 is 17.9 Å². The predicted octanol–water partition coefficient (Wildman–Crippen LogP) is 1.43. The van der Waals surface area contributed by atoms with Gasteiger partial charge in [0.05, 0.1) is 25.7 Å². The third-order valence-electron chi connectivity index (χ3n) is 4.57. The number of ether oxygens (including phenoxy) is 3. The number of hydrogen-bond donors (Lipinski definition) is 3. The Balaban J connectivity index is 2.10.